The molecule has 106 valence electrons. The molecule has 0 radical (unpaired) electrons. The number of halogens is 1. The zero-order valence-corrected chi connectivity index (χ0v) is 12.4. The standard InChI is InChI=1S/C17H16ClN3/c18-15-7-6-14(13-19)17(12-15)21-10-8-20(9-11-21)16-4-2-1-3-5-16/h1-7,12H,8-11H2. The summed E-state index contributed by atoms with van der Waals surface area (Å²) in [6, 6.07) is 18.1. The van der Waals surface area contributed by atoms with E-state index in [4.69, 9.17) is 11.6 Å². The molecule has 1 saturated heterocycles. The van der Waals surface area contributed by atoms with Crippen molar-refractivity contribution in [3.63, 3.8) is 0 Å². The van der Waals surface area contributed by atoms with Crippen molar-refractivity contribution in [3.8, 4) is 6.07 Å². The SMILES string of the molecule is N#Cc1ccc(Cl)cc1N1CCN(c2ccccc2)CC1. The molecule has 0 atom stereocenters. The lowest BCUT2D eigenvalue weighted by Crippen LogP contribution is -2.46. The van der Waals surface area contributed by atoms with E-state index < -0.39 is 0 Å². The summed E-state index contributed by atoms with van der Waals surface area (Å²) in [6.07, 6.45) is 0. The van der Waals surface area contributed by atoms with Crippen LogP contribution in [-0.2, 0) is 0 Å². The van der Waals surface area contributed by atoms with Crippen LogP contribution in [0.5, 0.6) is 0 Å². The zero-order chi connectivity index (χ0) is 14.7. The molecule has 0 unspecified atom stereocenters. The number of hydrogen-bond donors (Lipinski definition) is 0. The Hall–Kier alpha value is -2.18. The molecule has 3 rings (SSSR count). The Balaban J connectivity index is 1.75. The van der Waals surface area contributed by atoms with Crippen LogP contribution in [0.2, 0.25) is 5.02 Å². The predicted octanol–water partition coefficient (Wildman–Crippen LogP) is 3.54. The van der Waals surface area contributed by atoms with Crippen LogP contribution in [0, 0.1) is 11.3 Å². The second-order valence-corrected chi connectivity index (χ2v) is 5.52. The molecule has 3 nitrogen and oxygen atoms in total. The molecular weight excluding hydrogens is 282 g/mol. The van der Waals surface area contributed by atoms with Gasteiger partial charge in [0.15, 0.2) is 0 Å². The van der Waals surface area contributed by atoms with E-state index in [0.717, 1.165) is 31.9 Å². The first-order valence-corrected chi connectivity index (χ1v) is 7.40. The molecule has 1 fully saturated rings. The Morgan fingerprint density at radius 2 is 1.57 bits per heavy atom. The Labute approximate surface area is 130 Å². The lowest BCUT2D eigenvalue weighted by molar-refractivity contribution is 0.653. The number of nitriles is 1. The van der Waals surface area contributed by atoms with Crippen molar-refractivity contribution in [1.29, 1.82) is 5.26 Å². The summed E-state index contributed by atoms with van der Waals surface area (Å²) in [5.74, 6) is 0. The van der Waals surface area contributed by atoms with E-state index in [0.29, 0.717) is 10.6 Å². The normalized spacial score (nSPS) is 14.9. The van der Waals surface area contributed by atoms with Gasteiger partial charge in [-0.25, -0.2) is 0 Å². The maximum Gasteiger partial charge on any atom is 0.101 e. The van der Waals surface area contributed by atoms with Gasteiger partial charge in [0.1, 0.15) is 6.07 Å². The summed E-state index contributed by atoms with van der Waals surface area (Å²) in [7, 11) is 0. The number of rotatable bonds is 2. The highest BCUT2D eigenvalue weighted by Gasteiger charge is 2.19. The Kier molecular flexibility index (Phi) is 3.98. The van der Waals surface area contributed by atoms with Crippen molar-refractivity contribution >= 4 is 23.0 Å². The minimum absolute atomic E-state index is 0.675. The quantitative estimate of drug-likeness (QED) is 0.849. The molecule has 1 heterocycles. The van der Waals surface area contributed by atoms with Gasteiger partial charge in [-0.1, -0.05) is 29.8 Å². The predicted molar refractivity (Wildman–Crippen MR) is 87.0 cm³/mol. The lowest BCUT2D eigenvalue weighted by atomic mass is 10.1. The molecule has 0 amide bonds. The Bertz CT molecular complexity index is 655. The number of piperazine rings is 1. The molecule has 0 N–H and O–H groups in total. The fraction of sp³-hybridized carbons (Fsp3) is 0.235. The summed E-state index contributed by atoms with van der Waals surface area (Å²) in [5, 5.41) is 9.92. The highest BCUT2D eigenvalue weighted by atomic mass is 35.5. The maximum atomic E-state index is 9.24. The summed E-state index contributed by atoms with van der Waals surface area (Å²) in [4.78, 5) is 4.61. The molecule has 4 heteroatoms. The molecule has 0 bridgehead atoms. The van der Waals surface area contributed by atoms with Gasteiger partial charge in [-0.3, -0.25) is 0 Å². The van der Waals surface area contributed by atoms with Crippen LogP contribution < -0.4 is 9.80 Å². The average molecular weight is 298 g/mol. The van der Waals surface area contributed by atoms with Crippen molar-refractivity contribution in [2.45, 2.75) is 0 Å². The number of hydrogen-bond acceptors (Lipinski definition) is 3. The Morgan fingerprint density at radius 1 is 0.905 bits per heavy atom. The van der Waals surface area contributed by atoms with E-state index in [9.17, 15) is 5.26 Å². The van der Waals surface area contributed by atoms with Gasteiger partial charge < -0.3 is 9.80 Å². The van der Waals surface area contributed by atoms with Gasteiger partial charge in [-0.05, 0) is 30.3 Å². The third kappa shape index (κ3) is 2.96. The summed E-state index contributed by atoms with van der Waals surface area (Å²) < 4.78 is 0. The molecule has 0 spiro atoms. The van der Waals surface area contributed by atoms with Gasteiger partial charge >= 0.3 is 0 Å². The molecule has 0 aliphatic carbocycles. The average Bonchev–Trinajstić information content (AvgIpc) is 2.56. The van der Waals surface area contributed by atoms with E-state index in [1.807, 2.05) is 12.1 Å². The van der Waals surface area contributed by atoms with Crippen LogP contribution in [0.1, 0.15) is 5.56 Å². The summed E-state index contributed by atoms with van der Waals surface area (Å²) in [5.41, 5.74) is 2.88. The molecular formula is C17H16ClN3. The van der Waals surface area contributed by atoms with Crippen LogP contribution in [0.4, 0.5) is 11.4 Å². The number of nitrogens with zero attached hydrogens (tertiary/aromatic N) is 3. The highest BCUT2D eigenvalue weighted by Crippen LogP contribution is 2.26. The first-order chi connectivity index (χ1) is 10.3. The van der Waals surface area contributed by atoms with Crippen LogP contribution in [0.3, 0.4) is 0 Å². The van der Waals surface area contributed by atoms with Crippen molar-refractivity contribution in [2.75, 3.05) is 36.0 Å². The van der Waals surface area contributed by atoms with Gasteiger partial charge in [0.25, 0.3) is 0 Å². The number of anilines is 2. The van der Waals surface area contributed by atoms with E-state index >= 15 is 0 Å². The van der Waals surface area contributed by atoms with Crippen LogP contribution >= 0.6 is 11.6 Å². The van der Waals surface area contributed by atoms with Gasteiger partial charge in [-0.2, -0.15) is 5.26 Å². The lowest BCUT2D eigenvalue weighted by Gasteiger charge is -2.37. The third-order valence-electron chi connectivity index (χ3n) is 3.82. The van der Waals surface area contributed by atoms with Crippen molar-refractivity contribution in [1.82, 2.24) is 0 Å². The molecule has 21 heavy (non-hydrogen) atoms. The van der Waals surface area contributed by atoms with Crippen LogP contribution in [0.15, 0.2) is 48.5 Å². The zero-order valence-electron chi connectivity index (χ0n) is 11.7. The molecule has 1 aliphatic heterocycles. The van der Waals surface area contributed by atoms with E-state index in [1.54, 1.807) is 12.1 Å². The fourth-order valence-corrected chi connectivity index (χ4v) is 2.87. The number of para-hydroxylation sites is 1. The highest BCUT2D eigenvalue weighted by molar-refractivity contribution is 6.30. The smallest absolute Gasteiger partial charge is 0.101 e. The summed E-state index contributed by atoms with van der Waals surface area (Å²) >= 11 is 6.07. The minimum Gasteiger partial charge on any atom is -0.368 e. The second-order valence-electron chi connectivity index (χ2n) is 5.08. The van der Waals surface area contributed by atoms with Gasteiger partial charge in [0.2, 0.25) is 0 Å². The van der Waals surface area contributed by atoms with E-state index in [-0.39, 0.29) is 0 Å². The Morgan fingerprint density at radius 3 is 2.24 bits per heavy atom. The monoisotopic (exact) mass is 297 g/mol. The maximum absolute atomic E-state index is 9.24. The minimum atomic E-state index is 0.675. The third-order valence-corrected chi connectivity index (χ3v) is 4.06. The first-order valence-electron chi connectivity index (χ1n) is 7.02. The first kappa shape index (κ1) is 13.8. The fourth-order valence-electron chi connectivity index (χ4n) is 2.71. The van der Waals surface area contributed by atoms with Crippen LogP contribution in [-0.4, -0.2) is 26.2 Å². The van der Waals surface area contributed by atoms with E-state index in [1.165, 1.54) is 5.69 Å². The van der Waals surface area contributed by atoms with E-state index in [2.05, 4.69) is 40.1 Å². The van der Waals surface area contributed by atoms with Crippen LogP contribution in [0.25, 0.3) is 0 Å². The second kappa shape index (κ2) is 6.07. The van der Waals surface area contributed by atoms with Gasteiger partial charge in [0.05, 0.1) is 11.3 Å². The summed E-state index contributed by atoms with van der Waals surface area (Å²) in [6.45, 7) is 3.68. The topological polar surface area (TPSA) is 30.3 Å². The van der Waals surface area contributed by atoms with Crippen molar-refractivity contribution in [3.05, 3.63) is 59.1 Å². The van der Waals surface area contributed by atoms with Gasteiger partial charge in [0, 0.05) is 36.9 Å². The van der Waals surface area contributed by atoms with Gasteiger partial charge in [-0.15, -0.1) is 0 Å². The molecule has 1 aliphatic rings. The number of benzene rings is 2. The van der Waals surface area contributed by atoms with Crippen molar-refractivity contribution < 1.29 is 0 Å². The van der Waals surface area contributed by atoms with Crippen molar-refractivity contribution in [2.24, 2.45) is 0 Å². The molecule has 0 saturated carbocycles. The molecule has 2 aromatic carbocycles. The molecule has 0 aromatic heterocycles. The largest absolute Gasteiger partial charge is 0.368 e. The molecule has 2 aromatic rings.